The summed E-state index contributed by atoms with van der Waals surface area (Å²) in [5.74, 6) is 0.370. The number of nitro groups is 1. The SMILES string of the molecule is O=C(Cc1cccc2ccccc12)NC(c1ccccc1)c1nc2ccc([N+](=O)[O-])cc2[nH]1. The number of imidazole rings is 1. The summed E-state index contributed by atoms with van der Waals surface area (Å²) in [6, 6.07) is 27.4. The average molecular weight is 436 g/mol. The maximum atomic E-state index is 13.1. The monoisotopic (exact) mass is 436 g/mol. The van der Waals surface area contributed by atoms with Gasteiger partial charge < -0.3 is 10.3 Å². The summed E-state index contributed by atoms with van der Waals surface area (Å²) in [5, 5.41) is 16.4. The third kappa shape index (κ3) is 4.16. The molecule has 7 nitrogen and oxygen atoms in total. The van der Waals surface area contributed by atoms with Gasteiger partial charge in [-0.15, -0.1) is 0 Å². The fraction of sp³-hybridized carbons (Fsp3) is 0.0769. The number of aromatic amines is 1. The second kappa shape index (κ2) is 8.55. The summed E-state index contributed by atoms with van der Waals surface area (Å²) in [4.78, 5) is 31.6. The van der Waals surface area contributed by atoms with Crippen LogP contribution in [-0.2, 0) is 11.2 Å². The van der Waals surface area contributed by atoms with E-state index in [2.05, 4.69) is 15.3 Å². The molecular weight excluding hydrogens is 416 g/mol. The molecule has 1 unspecified atom stereocenters. The van der Waals surface area contributed by atoms with E-state index in [-0.39, 0.29) is 18.0 Å². The Morgan fingerprint density at radius 3 is 2.55 bits per heavy atom. The molecule has 1 heterocycles. The van der Waals surface area contributed by atoms with E-state index >= 15 is 0 Å². The number of nitrogens with zero attached hydrogens (tertiary/aromatic N) is 2. The number of rotatable bonds is 6. The van der Waals surface area contributed by atoms with Crippen LogP contribution in [0, 0.1) is 10.1 Å². The molecule has 0 bridgehead atoms. The van der Waals surface area contributed by atoms with Crippen LogP contribution in [0.25, 0.3) is 21.8 Å². The molecule has 4 aromatic carbocycles. The molecule has 5 rings (SSSR count). The molecule has 0 saturated heterocycles. The van der Waals surface area contributed by atoms with Gasteiger partial charge in [-0.05, 0) is 28.0 Å². The number of benzene rings is 4. The smallest absolute Gasteiger partial charge is 0.271 e. The molecule has 0 aliphatic heterocycles. The first-order valence-corrected chi connectivity index (χ1v) is 10.5. The highest BCUT2D eigenvalue weighted by Gasteiger charge is 2.21. The van der Waals surface area contributed by atoms with Gasteiger partial charge >= 0.3 is 0 Å². The zero-order valence-corrected chi connectivity index (χ0v) is 17.6. The number of hydrogen-bond acceptors (Lipinski definition) is 4. The van der Waals surface area contributed by atoms with Gasteiger partial charge in [-0.25, -0.2) is 4.98 Å². The Hall–Kier alpha value is -4.52. The number of nitro benzene ring substituents is 1. The highest BCUT2D eigenvalue weighted by Crippen LogP contribution is 2.25. The quantitative estimate of drug-likeness (QED) is 0.287. The molecule has 0 radical (unpaired) electrons. The first-order valence-electron chi connectivity index (χ1n) is 10.5. The van der Waals surface area contributed by atoms with E-state index < -0.39 is 11.0 Å². The third-order valence-electron chi connectivity index (χ3n) is 5.64. The minimum atomic E-state index is -0.528. The summed E-state index contributed by atoms with van der Waals surface area (Å²) in [5.41, 5.74) is 2.92. The third-order valence-corrected chi connectivity index (χ3v) is 5.64. The van der Waals surface area contributed by atoms with Crippen molar-refractivity contribution in [1.82, 2.24) is 15.3 Å². The highest BCUT2D eigenvalue weighted by atomic mass is 16.6. The van der Waals surface area contributed by atoms with E-state index in [1.165, 1.54) is 12.1 Å². The number of nitrogens with one attached hydrogen (secondary N) is 2. The van der Waals surface area contributed by atoms with Crippen molar-refractivity contribution in [1.29, 1.82) is 0 Å². The molecule has 162 valence electrons. The van der Waals surface area contributed by atoms with Gasteiger partial charge in [0.05, 0.1) is 22.4 Å². The molecule has 1 aromatic heterocycles. The van der Waals surface area contributed by atoms with Crippen LogP contribution in [0.4, 0.5) is 5.69 Å². The van der Waals surface area contributed by atoms with Crippen molar-refractivity contribution in [3.63, 3.8) is 0 Å². The topological polar surface area (TPSA) is 101 Å². The molecule has 0 spiro atoms. The number of H-pyrrole nitrogens is 1. The molecule has 1 amide bonds. The minimum Gasteiger partial charge on any atom is -0.342 e. The lowest BCUT2D eigenvalue weighted by Crippen LogP contribution is -2.31. The van der Waals surface area contributed by atoms with Crippen LogP contribution in [0.1, 0.15) is 23.0 Å². The van der Waals surface area contributed by atoms with Gasteiger partial charge in [-0.2, -0.15) is 0 Å². The van der Waals surface area contributed by atoms with Gasteiger partial charge in [0.25, 0.3) is 5.69 Å². The number of fused-ring (bicyclic) bond motifs is 2. The summed E-state index contributed by atoms with van der Waals surface area (Å²) < 4.78 is 0. The van der Waals surface area contributed by atoms with E-state index in [1.807, 2.05) is 72.8 Å². The predicted molar refractivity (Wildman–Crippen MR) is 127 cm³/mol. The number of amides is 1. The fourth-order valence-electron chi connectivity index (χ4n) is 4.05. The van der Waals surface area contributed by atoms with E-state index in [0.717, 1.165) is 21.9 Å². The van der Waals surface area contributed by atoms with E-state index in [9.17, 15) is 14.9 Å². The molecular formula is C26H20N4O3. The molecule has 5 aromatic rings. The van der Waals surface area contributed by atoms with Gasteiger partial charge in [-0.1, -0.05) is 72.8 Å². The van der Waals surface area contributed by atoms with Crippen molar-refractivity contribution >= 4 is 33.4 Å². The Balaban J connectivity index is 1.48. The molecule has 0 aliphatic rings. The van der Waals surface area contributed by atoms with Gasteiger partial charge in [0.15, 0.2) is 0 Å². The van der Waals surface area contributed by atoms with Crippen molar-refractivity contribution < 1.29 is 9.72 Å². The fourth-order valence-corrected chi connectivity index (χ4v) is 4.05. The second-order valence-corrected chi connectivity index (χ2v) is 7.81. The Labute approximate surface area is 189 Å². The summed E-state index contributed by atoms with van der Waals surface area (Å²) in [6.45, 7) is 0. The first kappa shape index (κ1) is 20.4. The number of hydrogen-bond donors (Lipinski definition) is 2. The van der Waals surface area contributed by atoms with Crippen LogP contribution in [0.2, 0.25) is 0 Å². The highest BCUT2D eigenvalue weighted by molar-refractivity contribution is 5.90. The number of carbonyl (C=O) groups is 1. The molecule has 0 fully saturated rings. The van der Waals surface area contributed by atoms with E-state index in [1.54, 1.807) is 6.07 Å². The number of carbonyl (C=O) groups excluding carboxylic acids is 1. The van der Waals surface area contributed by atoms with Gasteiger partial charge in [0.1, 0.15) is 11.9 Å². The number of aromatic nitrogens is 2. The minimum absolute atomic E-state index is 0.0195. The summed E-state index contributed by atoms with van der Waals surface area (Å²) in [6.07, 6.45) is 0.219. The zero-order valence-electron chi connectivity index (χ0n) is 17.6. The second-order valence-electron chi connectivity index (χ2n) is 7.81. The lowest BCUT2D eigenvalue weighted by Gasteiger charge is -2.18. The Morgan fingerprint density at radius 1 is 0.970 bits per heavy atom. The molecule has 0 aliphatic carbocycles. The van der Waals surface area contributed by atoms with Crippen LogP contribution in [0.3, 0.4) is 0 Å². The largest absolute Gasteiger partial charge is 0.342 e. The molecule has 0 saturated carbocycles. The van der Waals surface area contributed by atoms with Crippen LogP contribution < -0.4 is 5.32 Å². The normalized spacial score (nSPS) is 12.0. The molecule has 2 N–H and O–H groups in total. The zero-order chi connectivity index (χ0) is 22.8. The average Bonchev–Trinajstić information content (AvgIpc) is 3.26. The van der Waals surface area contributed by atoms with Gasteiger partial charge in [-0.3, -0.25) is 14.9 Å². The summed E-state index contributed by atoms with van der Waals surface area (Å²) in [7, 11) is 0. The van der Waals surface area contributed by atoms with Crippen LogP contribution >= 0.6 is 0 Å². The number of non-ortho nitro benzene ring substituents is 1. The maximum absolute atomic E-state index is 13.1. The predicted octanol–water partition coefficient (Wildman–Crippen LogP) is 5.07. The first-order chi connectivity index (χ1) is 16.1. The lowest BCUT2D eigenvalue weighted by atomic mass is 10.0. The van der Waals surface area contributed by atoms with Crippen molar-refractivity contribution in [2.75, 3.05) is 0 Å². The van der Waals surface area contributed by atoms with Crippen molar-refractivity contribution in [2.24, 2.45) is 0 Å². The molecule has 1 atom stereocenters. The van der Waals surface area contributed by atoms with Crippen LogP contribution in [-0.4, -0.2) is 20.8 Å². The molecule has 33 heavy (non-hydrogen) atoms. The van der Waals surface area contributed by atoms with Gasteiger partial charge in [0.2, 0.25) is 5.91 Å². The Morgan fingerprint density at radius 2 is 1.73 bits per heavy atom. The van der Waals surface area contributed by atoms with Crippen molar-refractivity contribution in [3.05, 3.63) is 118 Å². The lowest BCUT2D eigenvalue weighted by molar-refractivity contribution is -0.384. The molecule has 7 heteroatoms. The summed E-state index contributed by atoms with van der Waals surface area (Å²) >= 11 is 0. The van der Waals surface area contributed by atoms with Crippen molar-refractivity contribution in [2.45, 2.75) is 12.5 Å². The maximum Gasteiger partial charge on any atom is 0.271 e. The van der Waals surface area contributed by atoms with E-state index in [0.29, 0.717) is 16.9 Å². The Bertz CT molecular complexity index is 1470. The van der Waals surface area contributed by atoms with Crippen LogP contribution in [0.5, 0.6) is 0 Å². The van der Waals surface area contributed by atoms with Crippen LogP contribution in [0.15, 0.2) is 91.0 Å². The van der Waals surface area contributed by atoms with Crippen molar-refractivity contribution in [3.8, 4) is 0 Å². The standard InChI is InChI=1S/C26H20N4O3/c31-24(15-19-11-6-10-17-7-4-5-12-21(17)19)29-25(18-8-2-1-3-9-18)26-27-22-14-13-20(30(32)33)16-23(22)28-26/h1-14,16,25H,15H2,(H,27,28)(H,29,31). The van der Waals surface area contributed by atoms with E-state index in [4.69, 9.17) is 0 Å². The van der Waals surface area contributed by atoms with Gasteiger partial charge in [0, 0.05) is 12.1 Å². The Kier molecular flexibility index (Phi) is 5.28.